The average molecular weight is 191 g/mol. The summed E-state index contributed by atoms with van der Waals surface area (Å²) in [6.45, 7) is 2.42. The van der Waals surface area contributed by atoms with Gasteiger partial charge in [-0.2, -0.15) is 0 Å². The number of fused-ring (bicyclic) bond motifs is 1. The number of aryl methyl sites for hydroxylation is 1. The molecule has 1 unspecified atom stereocenters. The molecule has 2 heteroatoms. The molecule has 0 aromatic heterocycles. The Morgan fingerprint density at radius 2 is 2.29 bits per heavy atom. The lowest BCUT2D eigenvalue weighted by molar-refractivity contribution is 0.0278. The molecule has 1 aromatic carbocycles. The summed E-state index contributed by atoms with van der Waals surface area (Å²) in [5.41, 5.74) is 8.49. The molecule has 76 valence electrons. The van der Waals surface area contributed by atoms with E-state index in [4.69, 9.17) is 5.73 Å². The molecule has 0 radical (unpaired) electrons. The van der Waals surface area contributed by atoms with Crippen molar-refractivity contribution in [3.05, 3.63) is 34.9 Å². The van der Waals surface area contributed by atoms with Crippen LogP contribution < -0.4 is 5.73 Å². The molecule has 2 nitrogen and oxygen atoms in total. The van der Waals surface area contributed by atoms with E-state index in [0.29, 0.717) is 6.54 Å². The molecule has 1 aliphatic carbocycles. The van der Waals surface area contributed by atoms with Crippen LogP contribution in [0, 0.1) is 6.92 Å². The van der Waals surface area contributed by atoms with Crippen molar-refractivity contribution in [2.45, 2.75) is 31.8 Å². The van der Waals surface area contributed by atoms with Crippen LogP contribution in [0.15, 0.2) is 18.2 Å². The average Bonchev–Trinajstić information content (AvgIpc) is 2.20. The molecule has 0 heterocycles. The Bertz CT molecular complexity index is 348. The summed E-state index contributed by atoms with van der Waals surface area (Å²) < 4.78 is 0. The lowest BCUT2D eigenvalue weighted by Gasteiger charge is -2.34. The third-order valence-corrected chi connectivity index (χ3v) is 3.27. The Morgan fingerprint density at radius 3 is 3.00 bits per heavy atom. The van der Waals surface area contributed by atoms with Gasteiger partial charge < -0.3 is 10.8 Å². The Balaban J connectivity index is 2.55. The van der Waals surface area contributed by atoms with E-state index in [1.54, 1.807) is 0 Å². The van der Waals surface area contributed by atoms with Gasteiger partial charge in [0, 0.05) is 6.54 Å². The van der Waals surface area contributed by atoms with E-state index in [-0.39, 0.29) is 0 Å². The number of rotatable bonds is 1. The van der Waals surface area contributed by atoms with Crippen LogP contribution in [-0.4, -0.2) is 11.7 Å². The molecule has 0 fully saturated rings. The first kappa shape index (κ1) is 9.69. The van der Waals surface area contributed by atoms with E-state index in [9.17, 15) is 5.11 Å². The summed E-state index contributed by atoms with van der Waals surface area (Å²) in [4.78, 5) is 0. The van der Waals surface area contributed by atoms with Gasteiger partial charge in [0.2, 0.25) is 0 Å². The highest BCUT2D eigenvalue weighted by Crippen LogP contribution is 2.35. The van der Waals surface area contributed by atoms with Gasteiger partial charge in [0.05, 0.1) is 0 Å². The van der Waals surface area contributed by atoms with Crippen molar-refractivity contribution in [2.24, 2.45) is 5.73 Å². The molecule has 0 saturated carbocycles. The van der Waals surface area contributed by atoms with Crippen LogP contribution in [0.3, 0.4) is 0 Å². The van der Waals surface area contributed by atoms with Crippen LogP contribution in [0.1, 0.15) is 29.5 Å². The molecule has 0 bridgehead atoms. The zero-order chi connectivity index (χ0) is 10.2. The summed E-state index contributed by atoms with van der Waals surface area (Å²) in [6, 6.07) is 6.11. The van der Waals surface area contributed by atoms with Gasteiger partial charge in [-0.05, 0) is 42.9 Å². The highest BCUT2D eigenvalue weighted by Gasteiger charge is 2.33. The molecule has 1 aliphatic rings. The monoisotopic (exact) mass is 191 g/mol. The van der Waals surface area contributed by atoms with Crippen molar-refractivity contribution in [1.29, 1.82) is 0 Å². The zero-order valence-corrected chi connectivity index (χ0v) is 8.59. The molecule has 0 amide bonds. The number of hydrogen-bond acceptors (Lipinski definition) is 2. The zero-order valence-electron chi connectivity index (χ0n) is 8.59. The van der Waals surface area contributed by atoms with Crippen LogP contribution in [0.4, 0.5) is 0 Å². The molecule has 1 aromatic rings. The SMILES string of the molecule is Cc1cccc2c1CCCC2(O)CN. The summed E-state index contributed by atoms with van der Waals surface area (Å²) in [5, 5.41) is 10.3. The maximum Gasteiger partial charge on any atom is 0.102 e. The fourth-order valence-electron chi connectivity index (χ4n) is 2.37. The first-order valence-corrected chi connectivity index (χ1v) is 5.19. The van der Waals surface area contributed by atoms with E-state index in [1.807, 2.05) is 12.1 Å². The van der Waals surface area contributed by atoms with Crippen LogP contribution in [0.5, 0.6) is 0 Å². The van der Waals surface area contributed by atoms with Gasteiger partial charge in [0.15, 0.2) is 0 Å². The number of benzene rings is 1. The first-order chi connectivity index (χ1) is 6.67. The summed E-state index contributed by atoms with van der Waals surface area (Å²) in [5.74, 6) is 0. The van der Waals surface area contributed by atoms with Gasteiger partial charge in [0.1, 0.15) is 5.60 Å². The van der Waals surface area contributed by atoms with Gasteiger partial charge in [-0.15, -0.1) is 0 Å². The molecule has 3 N–H and O–H groups in total. The summed E-state index contributed by atoms with van der Waals surface area (Å²) in [7, 11) is 0. The van der Waals surface area contributed by atoms with Crippen molar-refractivity contribution in [2.75, 3.05) is 6.54 Å². The Hall–Kier alpha value is -0.860. The fraction of sp³-hybridized carbons (Fsp3) is 0.500. The normalized spacial score (nSPS) is 25.9. The van der Waals surface area contributed by atoms with Crippen molar-refractivity contribution >= 4 is 0 Å². The molecule has 2 rings (SSSR count). The lowest BCUT2D eigenvalue weighted by Crippen LogP contribution is -2.38. The second-order valence-corrected chi connectivity index (χ2v) is 4.19. The maximum atomic E-state index is 10.3. The molecule has 0 spiro atoms. The van der Waals surface area contributed by atoms with Crippen molar-refractivity contribution in [3.8, 4) is 0 Å². The quantitative estimate of drug-likeness (QED) is 0.706. The number of nitrogens with two attached hydrogens (primary N) is 1. The second kappa shape index (κ2) is 3.37. The van der Waals surface area contributed by atoms with Gasteiger partial charge in [-0.1, -0.05) is 18.2 Å². The van der Waals surface area contributed by atoms with Crippen molar-refractivity contribution in [3.63, 3.8) is 0 Å². The van der Waals surface area contributed by atoms with Gasteiger partial charge in [0.25, 0.3) is 0 Å². The minimum Gasteiger partial charge on any atom is -0.384 e. The van der Waals surface area contributed by atoms with Crippen molar-refractivity contribution < 1.29 is 5.11 Å². The van der Waals surface area contributed by atoms with E-state index in [1.165, 1.54) is 11.1 Å². The molecular weight excluding hydrogens is 174 g/mol. The molecule has 0 aliphatic heterocycles. The second-order valence-electron chi connectivity index (χ2n) is 4.19. The minimum atomic E-state index is -0.778. The topological polar surface area (TPSA) is 46.2 Å². The predicted molar refractivity (Wildman–Crippen MR) is 57.1 cm³/mol. The highest BCUT2D eigenvalue weighted by molar-refractivity contribution is 5.40. The lowest BCUT2D eigenvalue weighted by atomic mass is 9.78. The molecule has 0 saturated heterocycles. The van der Waals surface area contributed by atoms with E-state index >= 15 is 0 Å². The standard InChI is InChI=1S/C12H17NO/c1-9-4-2-6-11-10(9)5-3-7-12(11,14)8-13/h2,4,6,14H,3,5,7-8,13H2,1H3. The van der Waals surface area contributed by atoms with Crippen molar-refractivity contribution in [1.82, 2.24) is 0 Å². The third kappa shape index (κ3) is 1.35. The molecule has 1 atom stereocenters. The van der Waals surface area contributed by atoms with Gasteiger partial charge in [-0.3, -0.25) is 0 Å². The van der Waals surface area contributed by atoms with Crippen LogP contribution in [-0.2, 0) is 12.0 Å². The number of hydrogen-bond donors (Lipinski definition) is 2. The van der Waals surface area contributed by atoms with E-state index in [0.717, 1.165) is 24.8 Å². The van der Waals surface area contributed by atoms with Crippen LogP contribution in [0.2, 0.25) is 0 Å². The van der Waals surface area contributed by atoms with E-state index < -0.39 is 5.60 Å². The maximum absolute atomic E-state index is 10.3. The number of aliphatic hydroxyl groups is 1. The molecule has 14 heavy (non-hydrogen) atoms. The van der Waals surface area contributed by atoms with Gasteiger partial charge in [-0.25, -0.2) is 0 Å². The van der Waals surface area contributed by atoms with Crippen LogP contribution in [0.25, 0.3) is 0 Å². The Morgan fingerprint density at radius 1 is 1.50 bits per heavy atom. The minimum absolute atomic E-state index is 0.323. The summed E-state index contributed by atoms with van der Waals surface area (Å²) >= 11 is 0. The molecular formula is C12H17NO. The largest absolute Gasteiger partial charge is 0.384 e. The third-order valence-electron chi connectivity index (χ3n) is 3.27. The predicted octanol–water partition coefficient (Wildman–Crippen LogP) is 1.48. The Labute approximate surface area is 84.7 Å². The fourth-order valence-corrected chi connectivity index (χ4v) is 2.37. The first-order valence-electron chi connectivity index (χ1n) is 5.19. The van der Waals surface area contributed by atoms with E-state index in [2.05, 4.69) is 13.0 Å². The smallest absolute Gasteiger partial charge is 0.102 e. The summed E-state index contributed by atoms with van der Waals surface area (Å²) in [6.07, 6.45) is 2.90. The van der Waals surface area contributed by atoms with Crippen LogP contribution >= 0.6 is 0 Å². The Kier molecular flexibility index (Phi) is 2.33. The van der Waals surface area contributed by atoms with Gasteiger partial charge >= 0.3 is 0 Å². The highest BCUT2D eigenvalue weighted by atomic mass is 16.3.